The summed E-state index contributed by atoms with van der Waals surface area (Å²) in [5.41, 5.74) is 2.53. The van der Waals surface area contributed by atoms with Crippen molar-refractivity contribution in [2.45, 2.75) is 6.92 Å². The van der Waals surface area contributed by atoms with Crippen molar-refractivity contribution in [1.82, 2.24) is 4.57 Å². The maximum absolute atomic E-state index is 2.12. The van der Waals surface area contributed by atoms with E-state index in [2.05, 4.69) is 48.3 Å². The van der Waals surface area contributed by atoms with Crippen molar-refractivity contribution < 1.29 is 28.5 Å². The highest BCUT2D eigenvalue weighted by Crippen LogP contribution is 2.11. The van der Waals surface area contributed by atoms with Gasteiger partial charge in [0.1, 0.15) is 18.1 Å². The summed E-state index contributed by atoms with van der Waals surface area (Å²) in [6.45, 7) is 2.12. The second-order valence-corrected chi connectivity index (χ2v) is 3.27. The van der Waals surface area contributed by atoms with Crippen molar-refractivity contribution in [3.8, 4) is 5.69 Å². The number of rotatable bonds is 1. The Morgan fingerprint density at radius 3 is 2.50 bits per heavy atom. The van der Waals surface area contributed by atoms with Gasteiger partial charge in [-0.25, -0.2) is 9.13 Å². The molecule has 0 fully saturated rings. The molecule has 0 amide bonds. The predicted octanol–water partition coefficient (Wildman–Crippen LogP) is -1.39. The van der Waals surface area contributed by atoms with E-state index in [1.165, 1.54) is 11.3 Å². The standard InChI is InChI=1S/C11H13N2.HI/c1-10-5-3-4-6-11(10)13-8-7-12(2)9-13;/h3-9H,1-2H3;1H/q+1;/p-1. The van der Waals surface area contributed by atoms with E-state index in [9.17, 15) is 0 Å². The van der Waals surface area contributed by atoms with Crippen LogP contribution in [-0.2, 0) is 7.05 Å². The first-order chi connectivity index (χ1) is 6.27. The van der Waals surface area contributed by atoms with Crippen molar-refractivity contribution >= 4 is 0 Å². The van der Waals surface area contributed by atoms with E-state index in [-0.39, 0.29) is 24.0 Å². The molecule has 0 spiro atoms. The molecule has 1 heterocycles. The van der Waals surface area contributed by atoms with Crippen molar-refractivity contribution in [1.29, 1.82) is 0 Å². The molecular formula is C11H13IN2. The molecule has 74 valence electrons. The Hall–Kier alpha value is -0.840. The number of aromatic nitrogens is 2. The van der Waals surface area contributed by atoms with Crippen LogP contribution in [0.2, 0.25) is 0 Å². The van der Waals surface area contributed by atoms with E-state index in [4.69, 9.17) is 0 Å². The third kappa shape index (κ3) is 2.15. The second-order valence-electron chi connectivity index (χ2n) is 3.27. The molecule has 2 nitrogen and oxygen atoms in total. The highest BCUT2D eigenvalue weighted by molar-refractivity contribution is 5.39. The topological polar surface area (TPSA) is 8.81 Å². The Balaban J connectivity index is 0.000000980. The smallest absolute Gasteiger partial charge is 0.248 e. The van der Waals surface area contributed by atoms with Crippen LogP contribution in [0.4, 0.5) is 0 Å². The zero-order valence-corrected chi connectivity index (χ0v) is 10.5. The molecule has 3 heteroatoms. The van der Waals surface area contributed by atoms with Gasteiger partial charge in [0.2, 0.25) is 6.33 Å². The lowest BCUT2D eigenvalue weighted by molar-refractivity contribution is -0.670. The molecule has 0 radical (unpaired) electrons. The summed E-state index contributed by atoms with van der Waals surface area (Å²) in [5.74, 6) is 0. The number of hydrogen-bond donors (Lipinski definition) is 0. The molecular weight excluding hydrogens is 287 g/mol. The first-order valence-electron chi connectivity index (χ1n) is 4.36. The highest BCUT2D eigenvalue weighted by Gasteiger charge is 2.05. The molecule has 0 saturated heterocycles. The molecule has 2 rings (SSSR count). The Labute approximate surface area is 101 Å². The zero-order valence-electron chi connectivity index (χ0n) is 8.31. The minimum Gasteiger partial charge on any atom is -1.00 e. The molecule has 0 aliphatic carbocycles. The molecule has 14 heavy (non-hydrogen) atoms. The lowest BCUT2D eigenvalue weighted by Crippen LogP contribution is -3.00. The largest absolute Gasteiger partial charge is 1.00 e. The number of aryl methyl sites for hydroxylation is 2. The Kier molecular flexibility index (Phi) is 3.69. The quantitative estimate of drug-likeness (QED) is 0.453. The van der Waals surface area contributed by atoms with Crippen LogP contribution < -0.4 is 28.5 Å². The first kappa shape index (κ1) is 11.2. The molecule has 0 saturated carbocycles. The van der Waals surface area contributed by atoms with Crippen LogP contribution in [0.25, 0.3) is 5.69 Å². The zero-order chi connectivity index (χ0) is 9.26. The van der Waals surface area contributed by atoms with Crippen molar-refractivity contribution in [2.24, 2.45) is 7.05 Å². The van der Waals surface area contributed by atoms with Gasteiger partial charge in [-0.3, -0.25) is 0 Å². The van der Waals surface area contributed by atoms with E-state index in [1.807, 2.05) is 17.8 Å². The van der Waals surface area contributed by atoms with Gasteiger partial charge in [0.05, 0.1) is 7.05 Å². The molecule has 0 atom stereocenters. The van der Waals surface area contributed by atoms with Crippen molar-refractivity contribution in [3.63, 3.8) is 0 Å². The van der Waals surface area contributed by atoms with E-state index in [0.717, 1.165) is 0 Å². The van der Waals surface area contributed by atoms with Gasteiger partial charge in [0.25, 0.3) is 0 Å². The third-order valence-corrected chi connectivity index (χ3v) is 2.16. The fourth-order valence-electron chi connectivity index (χ4n) is 1.45. The Morgan fingerprint density at radius 1 is 1.21 bits per heavy atom. The normalized spacial score (nSPS) is 9.57. The minimum absolute atomic E-state index is 0. The summed E-state index contributed by atoms with van der Waals surface area (Å²) in [5, 5.41) is 0. The highest BCUT2D eigenvalue weighted by atomic mass is 127. The van der Waals surface area contributed by atoms with Gasteiger partial charge in [-0.1, -0.05) is 18.2 Å². The predicted molar refractivity (Wildman–Crippen MR) is 51.7 cm³/mol. The van der Waals surface area contributed by atoms with Crippen molar-refractivity contribution in [3.05, 3.63) is 48.5 Å². The molecule has 1 aromatic carbocycles. The number of halogens is 1. The summed E-state index contributed by atoms with van der Waals surface area (Å²) >= 11 is 0. The van der Waals surface area contributed by atoms with E-state index in [1.54, 1.807) is 0 Å². The SMILES string of the molecule is Cc1ccccc1-n1cc[n+](C)c1.[I-]. The molecule has 2 aromatic rings. The van der Waals surface area contributed by atoms with Gasteiger partial charge in [-0.15, -0.1) is 0 Å². The van der Waals surface area contributed by atoms with Gasteiger partial charge in [-0.05, 0) is 18.6 Å². The lowest BCUT2D eigenvalue weighted by Gasteiger charge is -1.98. The minimum atomic E-state index is 0. The molecule has 0 aliphatic heterocycles. The van der Waals surface area contributed by atoms with Gasteiger partial charge in [0.15, 0.2) is 0 Å². The van der Waals surface area contributed by atoms with Crippen LogP contribution in [0.5, 0.6) is 0 Å². The lowest BCUT2D eigenvalue weighted by atomic mass is 10.2. The fourth-order valence-corrected chi connectivity index (χ4v) is 1.45. The maximum Gasteiger partial charge on any atom is 0.248 e. The van der Waals surface area contributed by atoms with Gasteiger partial charge in [0, 0.05) is 0 Å². The molecule has 0 unspecified atom stereocenters. The number of imidazole rings is 1. The monoisotopic (exact) mass is 300 g/mol. The number of hydrogen-bond acceptors (Lipinski definition) is 0. The van der Waals surface area contributed by atoms with Gasteiger partial charge >= 0.3 is 0 Å². The fraction of sp³-hybridized carbons (Fsp3) is 0.182. The average Bonchev–Trinajstić information content (AvgIpc) is 2.53. The third-order valence-electron chi connectivity index (χ3n) is 2.16. The molecule has 1 aromatic heterocycles. The average molecular weight is 300 g/mol. The van der Waals surface area contributed by atoms with Gasteiger partial charge < -0.3 is 24.0 Å². The van der Waals surface area contributed by atoms with Crippen LogP contribution in [0, 0.1) is 6.92 Å². The molecule has 0 aliphatic rings. The van der Waals surface area contributed by atoms with Gasteiger partial charge in [-0.2, -0.15) is 0 Å². The molecule has 0 bridgehead atoms. The van der Waals surface area contributed by atoms with Crippen LogP contribution >= 0.6 is 0 Å². The van der Waals surface area contributed by atoms with Crippen LogP contribution in [0.1, 0.15) is 5.56 Å². The van der Waals surface area contributed by atoms with Crippen molar-refractivity contribution in [2.75, 3.05) is 0 Å². The number of nitrogens with zero attached hydrogens (tertiary/aromatic N) is 2. The summed E-state index contributed by atoms with van der Waals surface area (Å²) in [7, 11) is 2.02. The van der Waals surface area contributed by atoms with Crippen LogP contribution in [-0.4, -0.2) is 4.57 Å². The number of benzene rings is 1. The Morgan fingerprint density at radius 2 is 1.93 bits per heavy atom. The van der Waals surface area contributed by atoms with E-state index in [0.29, 0.717) is 0 Å². The second kappa shape index (κ2) is 4.59. The van der Waals surface area contributed by atoms with Crippen LogP contribution in [0.15, 0.2) is 43.0 Å². The summed E-state index contributed by atoms with van der Waals surface area (Å²) in [4.78, 5) is 0. The first-order valence-corrected chi connectivity index (χ1v) is 4.36. The van der Waals surface area contributed by atoms with Crippen LogP contribution in [0.3, 0.4) is 0 Å². The Bertz CT molecular complexity index is 421. The summed E-state index contributed by atoms with van der Waals surface area (Å²) < 4.78 is 4.15. The maximum atomic E-state index is 2.12. The van der Waals surface area contributed by atoms with E-state index >= 15 is 0 Å². The summed E-state index contributed by atoms with van der Waals surface area (Å²) in [6.07, 6.45) is 6.15. The summed E-state index contributed by atoms with van der Waals surface area (Å²) in [6, 6.07) is 8.36. The molecule has 0 N–H and O–H groups in total. The van der Waals surface area contributed by atoms with E-state index < -0.39 is 0 Å². The number of para-hydroxylation sites is 1.